The lowest BCUT2D eigenvalue weighted by molar-refractivity contribution is 0.260. The Kier molecular flexibility index (Phi) is 5.52. The van der Waals surface area contributed by atoms with Crippen molar-refractivity contribution in [1.29, 1.82) is 0 Å². The fraction of sp³-hybridized carbons (Fsp3) is 0.565. The number of anilines is 2. The third kappa shape index (κ3) is 4.32. The largest absolute Gasteiger partial charge is 0.493 e. The van der Waals surface area contributed by atoms with Crippen LogP contribution in [0.2, 0.25) is 0 Å². The second kappa shape index (κ2) is 8.57. The maximum atomic E-state index is 5.61. The number of benzene rings is 1. The van der Waals surface area contributed by atoms with Crippen LogP contribution in [0.1, 0.15) is 30.4 Å². The molecule has 0 saturated carbocycles. The van der Waals surface area contributed by atoms with E-state index in [9.17, 15) is 0 Å². The SMILES string of the molecule is c1cc2c(cc1CCN1CCN(c3ccc(N4CCCCC4)nn3)CC1)CCO2. The van der Waals surface area contributed by atoms with Gasteiger partial charge in [-0.2, -0.15) is 0 Å². The number of piperidine rings is 1. The summed E-state index contributed by atoms with van der Waals surface area (Å²) in [6, 6.07) is 11.0. The molecule has 3 aliphatic rings. The number of nitrogens with zero attached hydrogens (tertiary/aromatic N) is 5. The Hall–Kier alpha value is -2.34. The predicted octanol–water partition coefficient (Wildman–Crippen LogP) is 2.77. The van der Waals surface area contributed by atoms with Crippen molar-refractivity contribution in [2.45, 2.75) is 32.1 Å². The third-order valence-corrected chi connectivity index (χ3v) is 6.48. The third-order valence-electron chi connectivity index (χ3n) is 6.48. The van der Waals surface area contributed by atoms with E-state index in [0.717, 1.165) is 82.6 Å². The number of hydrogen-bond donors (Lipinski definition) is 0. The topological polar surface area (TPSA) is 44.7 Å². The lowest BCUT2D eigenvalue weighted by Gasteiger charge is -2.35. The van der Waals surface area contributed by atoms with Gasteiger partial charge < -0.3 is 14.5 Å². The van der Waals surface area contributed by atoms with Crippen molar-refractivity contribution in [3.63, 3.8) is 0 Å². The first-order chi connectivity index (χ1) is 14.3. The molecular weight excluding hydrogens is 362 g/mol. The second-order valence-corrected chi connectivity index (χ2v) is 8.42. The second-order valence-electron chi connectivity index (χ2n) is 8.42. The summed E-state index contributed by atoms with van der Waals surface area (Å²) in [6.45, 7) is 8.41. The summed E-state index contributed by atoms with van der Waals surface area (Å²) in [7, 11) is 0. The summed E-state index contributed by atoms with van der Waals surface area (Å²) >= 11 is 0. The summed E-state index contributed by atoms with van der Waals surface area (Å²) in [4.78, 5) is 7.30. The minimum atomic E-state index is 0.836. The van der Waals surface area contributed by atoms with Gasteiger partial charge in [0.05, 0.1) is 6.61 Å². The van der Waals surface area contributed by atoms with Crippen LogP contribution in [0.3, 0.4) is 0 Å². The minimum absolute atomic E-state index is 0.836. The monoisotopic (exact) mass is 393 g/mol. The van der Waals surface area contributed by atoms with E-state index in [1.54, 1.807) is 0 Å². The van der Waals surface area contributed by atoms with Crippen molar-refractivity contribution >= 4 is 11.6 Å². The number of aromatic nitrogens is 2. The first-order valence-corrected chi connectivity index (χ1v) is 11.2. The molecule has 0 bridgehead atoms. The Balaban J connectivity index is 1.10. The van der Waals surface area contributed by atoms with E-state index in [1.165, 1.54) is 30.4 Å². The van der Waals surface area contributed by atoms with Gasteiger partial charge in [0.25, 0.3) is 0 Å². The van der Waals surface area contributed by atoms with Gasteiger partial charge in [0.1, 0.15) is 5.75 Å². The fourth-order valence-electron chi connectivity index (χ4n) is 4.66. The fourth-order valence-corrected chi connectivity index (χ4v) is 4.66. The van der Waals surface area contributed by atoms with Gasteiger partial charge in [-0.3, -0.25) is 4.90 Å². The van der Waals surface area contributed by atoms with Gasteiger partial charge in [0.15, 0.2) is 11.6 Å². The molecule has 0 spiro atoms. The maximum Gasteiger partial charge on any atom is 0.151 e. The first kappa shape index (κ1) is 18.7. The molecule has 4 heterocycles. The van der Waals surface area contributed by atoms with Gasteiger partial charge >= 0.3 is 0 Å². The van der Waals surface area contributed by atoms with Crippen LogP contribution in [0.5, 0.6) is 5.75 Å². The van der Waals surface area contributed by atoms with E-state index < -0.39 is 0 Å². The molecule has 2 fully saturated rings. The van der Waals surface area contributed by atoms with E-state index in [4.69, 9.17) is 4.74 Å². The number of fused-ring (bicyclic) bond motifs is 1. The molecule has 6 nitrogen and oxygen atoms in total. The highest BCUT2D eigenvalue weighted by molar-refractivity contribution is 5.45. The van der Waals surface area contributed by atoms with Gasteiger partial charge in [-0.25, -0.2) is 0 Å². The molecule has 0 radical (unpaired) electrons. The van der Waals surface area contributed by atoms with Crippen molar-refractivity contribution in [3.8, 4) is 5.75 Å². The molecule has 5 rings (SSSR count). The van der Waals surface area contributed by atoms with Crippen LogP contribution in [-0.4, -0.2) is 67.5 Å². The quantitative estimate of drug-likeness (QED) is 0.778. The molecular formula is C23H31N5O. The summed E-state index contributed by atoms with van der Waals surface area (Å²) < 4.78 is 5.61. The van der Waals surface area contributed by atoms with Crippen molar-refractivity contribution in [2.75, 3.05) is 62.2 Å². The minimum Gasteiger partial charge on any atom is -0.493 e. The normalized spacial score (nSPS) is 19.9. The van der Waals surface area contributed by atoms with Gasteiger partial charge in [0.2, 0.25) is 0 Å². The molecule has 0 atom stereocenters. The number of ether oxygens (including phenoxy) is 1. The van der Waals surface area contributed by atoms with Crippen LogP contribution in [-0.2, 0) is 12.8 Å². The maximum absolute atomic E-state index is 5.61. The summed E-state index contributed by atoms with van der Waals surface area (Å²) in [6.07, 6.45) is 6.04. The zero-order chi connectivity index (χ0) is 19.5. The average molecular weight is 394 g/mol. The summed E-state index contributed by atoms with van der Waals surface area (Å²) in [5.74, 6) is 3.13. The van der Waals surface area contributed by atoms with Crippen LogP contribution in [0.4, 0.5) is 11.6 Å². The molecule has 2 saturated heterocycles. The van der Waals surface area contributed by atoms with Gasteiger partial charge in [-0.1, -0.05) is 12.1 Å². The van der Waals surface area contributed by atoms with Gasteiger partial charge in [-0.15, -0.1) is 10.2 Å². The predicted molar refractivity (Wildman–Crippen MR) is 116 cm³/mol. The van der Waals surface area contributed by atoms with Crippen LogP contribution in [0.25, 0.3) is 0 Å². The summed E-state index contributed by atoms with van der Waals surface area (Å²) in [5.41, 5.74) is 2.80. The zero-order valence-electron chi connectivity index (χ0n) is 17.2. The van der Waals surface area contributed by atoms with Crippen LogP contribution in [0.15, 0.2) is 30.3 Å². The highest BCUT2D eigenvalue weighted by Gasteiger charge is 2.20. The Morgan fingerprint density at radius 3 is 2.24 bits per heavy atom. The first-order valence-electron chi connectivity index (χ1n) is 11.2. The number of hydrogen-bond acceptors (Lipinski definition) is 6. The molecule has 2 aromatic rings. The molecule has 0 amide bonds. The van der Waals surface area contributed by atoms with Crippen LogP contribution < -0.4 is 14.5 Å². The molecule has 1 aromatic carbocycles. The Morgan fingerprint density at radius 1 is 0.793 bits per heavy atom. The standard InChI is InChI=1S/C23H31N5O/c1-2-10-27(11-3-1)22-6-7-23(25-24-22)28-15-13-26(14-16-28)12-8-19-4-5-21-20(18-19)9-17-29-21/h4-7,18H,1-3,8-17H2. The van der Waals surface area contributed by atoms with Crippen LogP contribution in [0, 0.1) is 0 Å². The highest BCUT2D eigenvalue weighted by Crippen LogP contribution is 2.26. The molecule has 3 aliphatic heterocycles. The molecule has 154 valence electrons. The van der Waals surface area contributed by atoms with Crippen molar-refractivity contribution < 1.29 is 4.74 Å². The van der Waals surface area contributed by atoms with E-state index in [2.05, 4.69) is 55.2 Å². The van der Waals surface area contributed by atoms with Crippen molar-refractivity contribution in [3.05, 3.63) is 41.5 Å². The van der Waals surface area contributed by atoms with Gasteiger partial charge in [-0.05, 0) is 55.0 Å². The van der Waals surface area contributed by atoms with E-state index in [-0.39, 0.29) is 0 Å². The van der Waals surface area contributed by atoms with Crippen molar-refractivity contribution in [1.82, 2.24) is 15.1 Å². The van der Waals surface area contributed by atoms with Crippen LogP contribution >= 0.6 is 0 Å². The molecule has 29 heavy (non-hydrogen) atoms. The summed E-state index contributed by atoms with van der Waals surface area (Å²) in [5, 5.41) is 9.04. The molecule has 6 heteroatoms. The molecule has 0 aliphatic carbocycles. The Bertz CT molecular complexity index is 811. The van der Waals surface area contributed by atoms with E-state index in [1.807, 2.05) is 0 Å². The molecule has 0 unspecified atom stereocenters. The van der Waals surface area contributed by atoms with E-state index >= 15 is 0 Å². The lowest BCUT2D eigenvalue weighted by Crippen LogP contribution is -2.47. The molecule has 1 aromatic heterocycles. The Labute approximate surface area is 173 Å². The molecule has 0 N–H and O–H groups in total. The number of rotatable bonds is 5. The lowest BCUT2D eigenvalue weighted by atomic mass is 10.1. The smallest absolute Gasteiger partial charge is 0.151 e. The average Bonchev–Trinajstić information content (AvgIpc) is 3.27. The van der Waals surface area contributed by atoms with Crippen molar-refractivity contribution in [2.24, 2.45) is 0 Å². The van der Waals surface area contributed by atoms with Gasteiger partial charge in [0, 0.05) is 52.2 Å². The highest BCUT2D eigenvalue weighted by atomic mass is 16.5. The number of piperazine rings is 1. The zero-order valence-corrected chi connectivity index (χ0v) is 17.2. The Morgan fingerprint density at radius 2 is 1.52 bits per heavy atom. The van der Waals surface area contributed by atoms with E-state index in [0.29, 0.717) is 0 Å².